The molecule has 2 fully saturated rings. The predicted molar refractivity (Wildman–Crippen MR) is 103 cm³/mol. The number of aromatic nitrogens is 3. The first kappa shape index (κ1) is 17.6. The Morgan fingerprint density at radius 2 is 1.88 bits per heavy atom. The molecule has 0 bridgehead atoms. The number of nitrogens with zero attached hydrogens (tertiary/aromatic N) is 4. The molecule has 1 amide bonds. The van der Waals surface area contributed by atoms with Crippen molar-refractivity contribution in [3.8, 4) is 0 Å². The number of thioether (sulfide) groups is 1. The van der Waals surface area contributed by atoms with Crippen molar-refractivity contribution in [1.82, 2.24) is 19.7 Å². The van der Waals surface area contributed by atoms with E-state index in [-0.39, 0.29) is 11.2 Å². The van der Waals surface area contributed by atoms with Crippen molar-refractivity contribution in [3.05, 3.63) is 41.7 Å². The van der Waals surface area contributed by atoms with Crippen LogP contribution in [0.1, 0.15) is 56.3 Å². The van der Waals surface area contributed by atoms with E-state index in [0.29, 0.717) is 5.92 Å². The fraction of sp³-hybridized carbons (Fsp3) is 0.550. The van der Waals surface area contributed by atoms with Crippen LogP contribution in [0.2, 0.25) is 0 Å². The Hall–Kier alpha value is -1.82. The molecule has 6 heteroatoms. The minimum absolute atomic E-state index is 0.126. The maximum Gasteiger partial charge on any atom is 0.235 e. The minimum Gasteiger partial charge on any atom is -0.342 e. The molecule has 2 aromatic rings. The molecule has 1 saturated carbocycles. The number of hydrogen-bond donors (Lipinski definition) is 0. The van der Waals surface area contributed by atoms with Crippen molar-refractivity contribution in [2.45, 2.75) is 61.9 Å². The Balaban J connectivity index is 1.51. The molecule has 1 atom stereocenters. The number of benzene rings is 1. The van der Waals surface area contributed by atoms with Crippen LogP contribution in [0.15, 0.2) is 35.5 Å². The second-order valence-electron chi connectivity index (χ2n) is 7.33. The van der Waals surface area contributed by atoms with Gasteiger partial charge >= 0.3 is 0 Å². The minimum atomic E-state index is -0.126. The van der Waals surface area contributed by atoms with Crippen molar-refractivity contribution >= 4 is 17.7 Å². The SMILES string of the molecule is C[C@@H](Sc1nnc(C2CC2)n1Cc1ccccc1)C(=O)N1CCCCC1. The van der Waals surface area contributed by atoms with Crippen molar-refractivity contribution in [3.63, 3.8) is 0 Å². The maximum absolute atomic E-state index is 12.8. The standard InChI is InChI=1S/C20H26N4OS/c1-15(19(25)23-12-6-3-7-13-23)26-20-22-21-18(17-10-11-17)24(20)14-16-8-4-2-5-9-16/h2,4-5,8-9,15,17H,3,6-7,10-14H2,1H3/t15-/m1/s1. The lowest BCUT2D eigenvalue weighted by Gasteiger charge is -2.28. The number of piperidine rings is 1. The summed E-state index contributed by atoms with van der Waals surface area (Å²) in [6, 6.07) is 10.4. The van der Waals surface area contributed by atoms with Gasteiger partial charge in [-0.25, -0.2) is 0 Å². The number of carbonyl (C=O) groups is 1. The second-order valence-corrected chi connectivity index (χ2v) is 8.64. The average Bonchev–Trinajstić information content (AvgIpc) is 3.46. The Morgan fingerprint density at radius 1 is 1.15 bits per heavy atom. The Morgan fingerprint density at radius 3 is 2.58 bits per heavy atom. The van der Waals surface area contributed by atoms with Gasteiger partial charge in [-0.2, -0.15) is 0 Å². The van der Waals surface area contributed by atoms with Crippen LogP contribution in [0.25, 0.3) is 0 Å². The van der Waals surface area contributed by atoms with Gasteiger partial charge in [-0.1, -0.05) is 42.1 Å². The van der Waals surface area contributed by atoms with Gasteiger partial charge in [0, 0.05) is 19.0 Å². The van der Waals surface area contributed by atoms with Crippen molar-refractivity contribution in [1.29, 1.82) is 0 Å². The fourth-order valence-electron chi connectivity index (χ4n) is 3.53. The molecule has 1 aliphatic heterocycles. The van der Waals surface area contributed by atoms with E-state index < -0.39 is 0 Å². The zero-order chi connectivity index (χ0) is 17.9. The van der Waals surface area contributed by atoms with Gasteiger partial charge in [0.1, 0.15) is 5.82 Å². The number of hydrogen-bond acceptors (Lipinski definition) is 4. The molecule has 0 unspecified atom stereocenters. The van der Waals surface area contributed by atoms with E-state index in [1.165, 1.54) is 24.8 Å². The normalized spacial score (nSPS) is 18.7. The molecule has 2 heterocycles. The summed E-state index contributed by atoms with van der Waals surface area (Å²) in [6.45, 7) is 4.56. The molecular formula is C20H26N4OS. The molecule has 0 radical (unpaired) electrons. The molecule has 1 aromatic heterocycles. The number of carbonyl (C=O) groups excluding carboxylic acids is 1. The number of likely N-dealkylation sites (tertiary alicyclic amines) is 1. The van der Waals surface area contributed by atoms with Gasteiger partial charge in [0.25, 0.3) is 0 Å². The summed E-state index contributed by atoms with van der Waals surface area (Å²) in [5, 5.41) is 9.66. The monoisotopic (exact) mass is 370 g/mol. The molecule has 1 saturated heterocycles. The lowest BCUT2D eigenvalue weighted by atomic mass is 10.1. The third kappa shape index (κ3) is 3.95. The van der Waals surface area contributed by atoms with Crippen LogP contribution < -0.4 is 0 Å². The topological polar surface area (TPSA) is 51.0 Å². The lowest BCUT2D eigenvalue weighted by Crippen LogP contribution is -2.40. The fourth-order valence-corrected chi connectivity index (χ4v) is 4.46. The molecule has 138 valence electrons. The summed E-state index contributed by atoms with van der Waals surface area (Å²) in [5.41, 5.74) is 1.24. The van der Waals surface area contributed by atoms with Crippen LogP contribution in [0.5, 0.6) is 0 Å². The van der Waals surface area contributed by atoms with Crippen LogP contribution >= 0.6 is 11.8 Å². The maximum atomic E-state index is 12.8. The van der Waals surface area contributed by atoms with E-state index in [4.69, 9.17) is 0 Å². The van der Waals surface area contributed by atoms with Crippen LogP contribution in [0, 0.1) is 0 Å². The molecule has 2 aliphatic rings. The third-order valence-corrected chi connectivity index (χ3v) is 6.24. The number of rotatable bonds is 6. The summed E-state index contributed by atoms with van der Waals surface area (Å²) in [5.74, 6) is 1.85. The number of amides is 1. The molecule has 0 N–H and O–H groups in total. The van der Waals surface area contributed by atoms with Gasteiger partial charge in [0.05, 0.1) is 11.8 Å². The molecule has 1 aliphatic carbocycles. The highest BCUT2D eigenvalue weighted by Crippen LogP contribution is 2.40. The zero-order valence-corrected chi connectivity index (χ0v) is 16.1. The Bertz CT molecular complexity index is 750. The summed E-state index contributed by atoms with van der Waals surface area (Å²) >= 11 is 1.56. The van der Waals surface area contributed by atoms with Crippen LogP contribution in [-0.4, -0.2) is 43.9 Å². The van der Waals surface area contributed by atoms with E-state index in [1.807, 2.05) is 17.9 Å². The highest BCUT2D eigenvalue weighted by molar-refractivity contribution is 8.00. The van der Waals surface area contributed by atoms with Crippen molar-refractivity contribution in [2.75, 3.05) is 13.1 Å². The van der Waals surface area contributed by atoms with Gasteiger partial charge in [0.2, 0.25) is 5.91 Å². The van der Waals surface area contributed by atoms with Crippen LogP contribution in [0.3, 0.4) is 0 Å². The third-order valence-electron chi connectivity index (χ3n) is 5.17. The molecule has 1 aromatic carbocycles. The van der Waals surface area contributed by atoms with Gasteiger partial charge in [0.15, 0.2) is 5.16 Å². The first-order valence-corrected chi connectivity index (χ1v) is 10.5. The van der Waals surface area contributed by atoms with E-state index in [1.54, 1.807) is 11.8 Å². The molecule has 4 rings (SSSR count). The summed E-state index contributed by atoms with van der Waals surface area (Å²) in [4.78, 5) is 14.8. The first-order chi connectivity index (χ1) is 12.7. The van der Waals surface area contributed by atoms with E-state index in [2.05, 4.69) is 39.0 Å². The molecule has 26 heavy (non-hydrogen) atoms. The van der Waals surface area contributed by atoms with Gasteiger partial charge in [-0.05, 0) is 44.6 Å². The largest absolute Gasteiger partial charge is 0.342 e. The van der Waals surface area contributed by atoms with E-state index >= 15 is 0 Å². The molecular weight excluding hydrogens is 344 g/mol. The second kappa shape index (κ2) is 7.82. The highest BCUT2D eigenvalue weighted by atomic mass is 32.2. The Labute approximate surface area is 159 Å². The van der Waals surface area contributed by atoms with Gasteiger partial charge < -0.3 is 9.47 Å². The highest BCUT2D eigenvalue weighted by Gasteiger charge is 2.32. The van der Waals surface area contributed by atoms with Crippen molar-refractivity contribution in [2.24, 2.45) is 0 Å². The molecule has 0 spiro atoms. The van der Waals surface area contributed by atoms with E-state index in [0.717, 1.165) is 43.5 Å². The zero-order valence-electron chi connectivity index (χ0n) is 15.3. The summed E-state index contributed by atoms with van der Waals surface area (Å²) in [6.07, 6.45) is 5.87. The smallest absolute Gasteiger partial charge is 0.235 e. The summed E-state index contributed by atoms with van der Waals surface area (Å²) in [7, 11) is 0. The van der Waals surface area contributed by atoms with Gasteiger partial charge in [-0.3, -0.25) is 4.79 Å². The lowest BCUT2D eigenvalue weighted by molar-refractivity contribution is -0.131. The van der Waals surface area contributed by atoms with E-state index in [9.17, 15) is 4.79 Å². The van der Waals surface area contributed by atoms with Crippen LogP contribution in [-0.2, 0) is 11.3 Å². The quantitative estimate of drug-likeness (QED) is 0.728. The first-order valence-electron chi connectivity index (χ1n) is 9.65. The average molecular weight is 371 g/mol. The van der Waals surface area contributed by atoms with Crippen LogP contribution in [0.4, 0.5) is 0 Å². The predicted octanol–water partition coefficient (Wildman–Crippen LogP) is 3.70. The molecule has 5 nitrogen and oxygen atoms in total. The van der Waals surface area contributed by atoms with Crippen molar-refractivity contribution < 1.29 is 4.79 Å². The van der Waals surface area contributed by atoms with Gasteiger partial charge in [-0.15, -0.1) is 10.2 Å². The summed E-state index contributed by atoms with van der Waals surface area (Å²) < 4.78 is 2.22. The Kier molecular flexibility index (Phi) is 5.29.